The van der Waals surface area contributed by atoms with E-state index in [0.717, 1.165) is 37.2 Å². The second kappa shape index (κ2) is 10.0. The molecule has 186 valence electrons. The van der Waals surface area contributed by atoms with Gasteiger partial charge in [-0.15, -0.1) is 0 Å². The molecule has 8 nitrogen and oxygen atoms in total. The Kier molecular flexibility index (Phi) is 6.67. The highest BCUT2D eigenvalue weighted by Gasteiger charge is 2.18. The fourth-order valence-electron chi connectivity index (χ4n) is 4.57. The van der Waals surface area contributed by atoms with Gasteiger partial charge in [0.25, 0.3) is 5.56 Å². The first-order valence-electron chi connectivity index (χ1n) is 12.0. The molecule has 0 amide bonds. The van der Waals surface area contributed by atoms with E-state index in [2.05, 4.69) is 25.2 Å². The number of hydrogen-bond donors (Lipinski definition) is 3. The number of pyridine rings is 3. The van der Waals surface area contributed by atoms with Gasteiger partial charge in [-0.25, -0.2) is 14.4 Å². The number of anilines is 3. The molecule has 0 atom stereocenters. The Balaban J connectivity index is 1.51. The van der Waals surface area contributed by atoms with Gasteiger partial charge in [-0.05, 0) is 68.9 Å². The first kappa shape index (κ1) is 23.9. The monoisotopic (exact) mass is 488 g/mol. The smallest absolute Gasteiger partial charge is 0.259 e. The van der Waals surface area contributed by atoms with Crippen molar-refractivity contribution in [3.05, 3.63) is 76.6 Å². The molecule has 5 rings (SSSR count). The van der Waals surface area contributed by atoms with E-state index in [9.17, 15) is 14.3 Å². The Labute approximate surface area is 208 Å². The minimum atomic E-state index is -0.380. The maximum absolute atomic E-state index is 14.9. The zero-order chi connectivity index (χ0) is 25.2. The van der Waals surface area contributed by atoms with Gasteiger partial charge in [0.1, 0.15) is 11.6 Å². The van der Waals surface area contributed by atoms with Crippen LogP contribution in [0.4, 0.5) is 21.6 Å². The Hall–Kier alpha value is -3.82. The van der Waals surface area contributed by atoms with Gasteiger partial charge in [-0.2, -0.15) is 0 Å². The fourth-order valence-corrected chi connectivity index (χ4v) is 4.57. The van der Waals surface area contributed by atoms with Gasteiger partial charge in [0.2, 0.25) is 0 Å². The highest BCUT2D eigenvalue weighted by molar-refractivity contribution is 5.94. The zero-order valence-corrected chi connectivity index (χ0v) is 20.3. The summed E-state index contributed by atoms with van der Waals surface area (Å²) in [5.41, 5.74) is 3.40. The molecule has 1 saturated heterocycles. The van der Waals surface area contributed by atoms with Gasteiger partial charge in [-0.1, -0.05) is 6.07 Å². The van der Waals surface area contributed by atoms with E-state index < -0.39 is 0 Å². The normalized spacial score (nSPS) is 14.5. The van der Waals surface area contributed by atoms with Crippen LogP contribution in [0.15, 0.2) is 59.7 Å². The van der Waals surface area contributed by atoms with Gasteiger partial charge >= 0.3 is 0 Å². The predicted molar refractivity (Wildman–Crippen MR) is 140 cm³/mol. The third kappa shape index (κ3) is 5.07. The molecule has 4 aromatic rings. The summed E-state index contributed by atoms with van der Waals surface area (Å²) in [6.45, 7) is 2.22. The number of aliphatic hydroxyl groups is 1. The molecule has 3 N–H and O–H groups in total. The van der Waals surface area contributed by atoms with Gasteiger partial charge in [-0.3, -0.25) is 4.79 Å². The first-order valence-corrected chi connectivity index (χ1v) is 12.0. The molecule has 1 aliphatic heterocycles. The summed E-state index contributed by atoms with van der Waals surface area (Å²) in [4.78, 5) is 28.8. The van der Waals surface area contributed by atoms with Crippen molar-refractivity contribution < 1.29 is 9.50 Å². The Morgan fingerprint density at radius 2 is 1.97 bits per heavy atom. The van der Waals surface area contributed by atoms with Crippen molar-refractivity contribution >= 4 is 28.1 Å². The van der Waals surface area contributed by atoms with Crippen LogP contribution < -0.4 is 15.8 Å². The van der Waals surface area contributed by atoms with Crippen LogP contribution in [0.2, 0.25) is 0 Å². The Morgan fingerprint density at radius 1 is 1.17 bits per heavy atom. The molecular weight excluding hydrogens is 459 g/mol. The maximum Gasteiger partial charge on any atom is 0.259 e. The lowest BCUT2D eigenvalue weighted by Gasteiger charge is -2.31. The van der Waals surface area contributed by atoms with Gasteiger partial charge in [0.05, 0.1) is 40.3 Å². The van der Waals surface area contributed by atoms with Gasteiger partial charge < -0.3 is 25.2 Å². The number of rotatable bonds is 6. The number of nitrogens with zero attached hydrogens (tertiary/aromatic N) is 4. The first-order chi connectivity index (χ1) is 17.4. The molecular formula is C27H29FN6O2. The van der Waals surface area contributed by atoms with Crippen LogP contribution in [-0.4, -0.2) is 58.2 Å². The summed E-state index contributed by atoms with van der Waals surface area (Å²) in [5.74, 6) is 0.175. The summed E-state index contributed by atoms with van der Waals surface area (Å²) < 4.78 is 14.9. The largest absolute Gasteiger partial charge is 0.393 e. The van der Waals surface area contributed by atoms with Gasteiger partial charge in [0.15, 0.2) is 0 Å². The highest BCUT2D eigenvalue weighted by Crippen LogP contribution is 2.31. The second-order valence-corrected chi connectivity index (χ2v) is 9.42. The van der Waals surface area contributed by atoms with Crippen LogP contribution in [0.1, 0.15) is 18.4 Å². The van der Waals surface area contributed by atoms with E-state index in [1.54, 1.807) is 30.5 Å². The number of hydrogen-bond acceptors (Lipinski definition) is 7. The molecule has 0 bridgehead atoms. The molecule has 3 aromatic heterocycles. The van der Waals surface area contributed by atoms with Crippen molar-refractivity contribution in [2.75, 3.05) is 37.4 Å². The molecule has 0 unspecified atom stereocenters. The topological polar surface area (TPSA) is 97.4 Å². The standard InChI is InChI=1S/C27H29FN6O2/c1-33(2)16-17-3-5-21(28)20(13-17)23-14-24(26-22(31-23)7-10-29-27(26)36)32-25-6-4-18(15-30-25)34-11-8-19(35)9-12-34/h3-7,10,13-15,19,35H,8-9,11-12,16H2,1-2H3,(H,29,36)(H,30,31,32). The summed E-state index contributed by atoms with van der Waals surface area (Å²) in [6, 6.07) is 12.2. The van der Waals surface area contributed by atoms with Crippen molar-refractivity contribution in [1.82, 2.24) is 19.9 Å². The van der Waals surface area contributed by atoms with Crippen LogP contribution >= 0.6 is 0 Å². The van der Waals surface area contributed by atoms with Crippen molar-refractivity contribution in [3.63, 3.8) is 0 Å². The Bertz CT molecular complexity index is 1430. The number of H-pyrrole nitrogens is 1. The van der Waals surface area contributed by atoms with Crippen molar-refractivity contribution in [2.45, 2.75) is 25.5 Å². The summed E-state index contributed by atoms with van der Waals surface area (Å²) >= 11 is 0. The molecule has 1 fully saturated rings. The number of fused-ring (bicyclic) bond motifs is 1. The lowest BCUT2D eigenvalue weighted by molar-refractivity contribution is 0.145. The van der Waals surface area contributed by atoms with E-state index in [1.165, 1.54) is 12.3 Å². The number of aliphatic hydroxyl groups excluding tert-OH is 1. The molecule has 1 aromatic carbocycles. The van der Waals surface area contributed by atoms with E-state index in [1.807, 2.05) is 31.1 Å². The van der Waals surface area contributed by atoms with E-state index >= 15 is 0 Å². The number of halogens is 1. The van der Waals surface area contributed by atoms with Gasteiger partial charge in [0, 0.05) is 31.4 Å². The zero-order valence-electron chi connectivity index (χ0n) is 20.3. The van der Waals surface area contributed by atoms with E-state index in [4.69, 9.17) is 0 Å². The average Bonchev–Trinajstić information content (AvgIpc) is 2.86. The molecule has 9 heteroatoms. The van der Waals surface area contributed by atoms with Crippen LogP contribution in [0, 0.1) is 5.82 Å². The minimum absolute atomic E-state index is 0.240. The summed E-state index contributed by atoms with van der Waals surface area (Å²) in [7, 11) is 3.91. The molecule has 4 heterocycles. The SMILES string of the molecule is CN(C)Cc1ccc(F)c(-c2cc(Nc3ccc(N4CCC(O)CC4)cn3)c3c(=O)[nH]ccc3n2)c1. The molecule has 0 aliphatic carbocycles. The van der Waals surface area contributed by atoms with Crippen LogP contribution in [0.5, 0.6) is 0 Å². The van der Waals surface area contributed by atoms with Crippen LogP contribution in [-0.2, 0) is 6.54 Å². The highest BCUT2D eigenvalue weighted by atomic mass is 19.1. The number of aromatic amines is 1. The molecule has 36 heavy (non-hydrogen) atoms. The molecule has 0 spiro atoms. The van der Waals surface area contributed by atoms with Crippen molar-refractivity contribution in [3.8, 4) is 11.3 Å². The summed E-state index contributed by atoms with van der Waals surface area (Å²) in [6.07, 6.45) is 4.55. The van der Waals surface area contributed by atoms with E-state index in [0.29, 0.717) is 40.2 Å². The molecule has 1 aliphatic rings. The predicted octanol–water partition coefficient (Wildman–Crippen LogP) is 3.89. The lowest BCUT2D eigenvalue weighted by atomic mass is 10.0. The van der Waals surface area contributed by atoms with Crippen LogP contribution in [0.25, 0.3) is 22.2 Å². The Morgan fingerprint density at radius 3 is 2.69 bits per heavy atom. The van der Waals surface area contributed by atoms with Crippen molar-refractivity contribution in [2.24, 2.45) is 0 Å². The fraction of sp³-hybridized carbons (Fsp3) is 0.296. The quantitative estimate of drug-likeness (QED) is 0.379. The number of benzene rings is 1. The third-order valence-corrected chi connectivity index (χ3v) is 6.38. The summed E-state index contributed by atoms with van der Waals surface area (Å²) in [5, 5.41) is 13.4. The molecule has 0 saturated carbocycles. The number of nitrogens with one attached hydrogen (secondary N) is 2. The van der Waals surface area contributed by atoms with E-state index in [-0.39, 0.29) is 17.5 Å². The maximum atomic E-state index is 14.9. The minimum Gasteiger partial charge on any atom is -0.393 e. The third-order valence-electron chi connectivity index (χ3n) is 6.38. The van der Waals surface area contributed by atoms with Crippen LogP contribution in [0.3, 0.4) is 0 Å². The number of piperidine rings is 1. The number of aromatic nitrogens is 3. The average molecular weight is 489 g/mol. The lowest BCUT2D eigenvalue weighted by Crippen LogP contribution is -2.35. The molecule has 0 radical (unpaired) electrons. The second-order valence-electron chi connectivity index (χ2n) is 9.42. The van der Waals surface area contributed by atoms with Crippen molar-refractivity contribution in [1.29, 1.82) is 0 Å².